The summed E-state index contributed by atoms with van der Waals surface area (Å²) in [5.41, 5.74) is 4.36. The number of fused-ring (bicyclic) bond motifs is 1. The van der Waals surface area contributed by atoms with E-state index in [-0.39, 0.29) is 24.3 Å². The zero-order valence-corrected chi connectivity index (χ0v) is 16.8. The topological polar surface area (TPSA) is 73.7 Å². The zero-order valence-electron chi connectivity index (χ0n) is 15.9. The molecule has 4 rings (SSSR count). The van der Waals surface area contributed by atoms with E-state index in [1.54, 1.807) is 0 Å². The molecule has 1 fully saturated rings. The molecule has 2 aromatic rings. The van der Waals surface area contributed by atoms with Gasteiger partial charge in [-0.2, -0.15) is 5.10 Å². The van der Waals surface area contributed by atoms with E-state index in [1.807, 2.05) is 30.7 Å². The Morgan fingerprint density at radius 1 is 1.22 bits per heavy atom. The number of nitrogens with zero attached hydrogens (tertiary/aromatic N) is 3. The Morgan fingerprint density at radius 3 is 2.74 bits per heavy atom. The highest BCUT2D eigenvalue weighted by Gasteiger charge is 2.31. The summed E-state index contributed by atoms with van der Waals surface area (Å²) in [5, 5.41) is 4.65. The van der Waals surface area contributed by atoms with Crippen LogP contribution in [0.15, 0.2) is 18.2 Å². The number of aromatic nitrogens is 2. The third kappa shape index (κ3) is 3.68. The molecule has 0 spiro atoms. The van der Waals surface area contributed by atoms with Gasteiger partial charge < -0.3 is 9.47 Å². The lowest BCUT2D eigenvalue weighted by Crippen LogP contribution is -2.18. The van der Waals surface area contributed by atoms with Gasteiger partial charge in [0.15, 0.2) is 21.3 Å². The minimum atomic E-state index is -2.93. The molecule has 8 heteroatoms. The Morgan fingerprint density at radius 2 is 2.00 bits per heavy atom. The van der Waals surface area contributed by atoms with Crippen LogP contribution >= 0.6 is 0 Å². The first-order valence-corrected chi connectivity index (χ1v) is 11.0. The molecule has 0 saturated carbocycles. The Balaban J connectivity index is 1.47. The predicted molar refractivity (Wildman–Crippen MR) is 102 cm³/mol. The van der Waals surface area contributed by atoms with Crippen molar-refractivity contribution in [2.75, 3.05) is 25.3 Å². The average molecular weight is 391 g/mol. The molecule has 0 bridgehead atoms. The van der Waals surface area contributed by atoms with Crippen LogP contribution in [0.3, 0.4) is 0 Å². The van der Waals surface area contributed by atoms with Crippen LogP contribution in [-0.2, 0) is 22.9 Å². The van der Waals surface area contributed by atoms with Crippen LogP contribution in [0.1, 0.15) is 35.0 Å². The quantitative estimate of drug-likeness (QED) is 0.778. The standard InChI is InChI=1S/C19H25N3O4S/c1-13-17(14(2)22(20-13)16-6-7-27(23,24)11-16)10-21(3)9-15-4-5-18-19(8-15)26-12-25-18/h4-5,8,16H,6-7,9-12H2,1-3H3/t16-/m1/s1. The Labute approximate surface area is 159 Å². The molecule has 146 valence electrons. The molecule has 1 aromatic heterocycles. The molecular formula is C19H25N3O4S. The lowest BCUT2D eigenvalue weighted by molar-refractivity contribution is 0.174. The smallest absolute Gasteiger partial charge is 0.231 e. The number of hydrogen-bond acceptors (Lipinski definition) is 6. The minimum absolute atomic E-state index is 0.0402. The third-order valence-corrected chi connectivity index (χ3v) is 7.10. The first kappa shape index (κ1) is 18.3. The molecule has 1 atom stereocenters. The molecule has 7 nitrogen and oxygen atoms in total. The van der Waals surface area contributed by atoms with Gasteiger partial charge in [-0.25, -0.2) is 8.42 Å². The molecule has 27 heavy (non-hydrogen) atoms. The van der Waals surface area contributed by atoms with Gasteiger partial charge >= 0.3 is 0 Å². The van der Waals surface area contributed by atoms with E-state index in [2.05, 4.69) is 23.1 Å². The van der Waals surface area contributed by atoms with Crippen molar-refractivity contribution in [2.45, 2.75) is 39.4 Å². The van der Waals surface area contributed by atoms with E-state index >= 15 is 0 Å². The summed E-state index contributed by atoms with van der Waals surface area (Å²) in [6.07, 6.45) is 0.650. The van der Waals surface area contributed by atoms with Crippen molar-refractivity contribution >= 4 is 9.84 Å². The molecular weight excluding hydrogens is 366 g/mol. The summed E-state index contributed by atoms with van der Waals surface area (Å²) >= 11 is 0. The van der Waals surface area contributed by atoms with Crippen molar-refractivity contribution in [1.82, 2.24) is 14.7 Å². The average Bonchev–Trinajstić information content (AvgIpc) is 3.28. The van der Waals surface area contributed by atoms with Gasteiger partial charge in [-0.3, -0.25) is 9.58 Å². The summed E-state index contributed by atoms with van der Waals surface area (Å²) in [4.78, 5) is 2.23. The molecule has 0 aliphatic carbocycles. The van der Waals surface area contributed by atoms with Gasteiger partial charge in [-0.1, -0.05) is 6.07 Å². The Kier molecular flexibility index (Phi) is 4.63. The Bertz CT molecular complexity index is 968. The number of rotatable bonds is 5. The molecule has 0 N–H and O–H groups in total. The lowest BCUT2D eigenvalue weighted by Gasteiger charge is -2.18. The summed E-state index contributed by atoms with van der Waals surface area (Å²) in [6.45, 7) is 5.85. The number of aryl methyl sites for hydroxylation is 1. The van der Waals surface area contributed by atoms with Gasteiger partial charge in [-0.05, 0) is 45.0 Å². The molecule has 0 amide bonds. The Hall–Kier alpha value is -2.06. The summed E-state index contributed by atoms with van der Waals surface area (Å²) in [7, 11) is -0.856. The highest BCUT2D eigenvalue weighted by atomic mass is 32.2. The maximum absolute atomic E-state index is 11.8. The van der Waals surface area contributed by atoms with Crippen molar-refractivity contribution in [3.05, 3.63) is 40.7 Å². The van der Waals surface area contributed by atoms with Crippen molar-refractivity contribution in [3.63, 3.8) is 0 Å². The predicted octanol–water partition coefficient (Wildman–Crippen LogP) is 2.22. The highest BCUT2D eigenvalue weighted by Crippen LogP contribution is 2.33. The molecule has 1 aromatic carbocycles. The number of ether oxygens (including phenoxy) is 2. The van der Waals surface area contributed by atoms with Crippen LogP contribution in [0, 0.1) is 13.8 Å². The van der Waals surface area contributed by atoms with Crippen molar-refractivity contribution < 1.29 is 17.9 Å². The van der Waals surface area contributed by atoms with Gasteiger partial charge in [0.25, 0.3) is 0 Å². The molecule has 2 aliphatic heterocycles. The van der Waals surface area contributed by atoms with E-state index < -0.39 is 9.84 Å². The van der Waals surface area contributed by atoms with Crippen molar-refractivity contribution in [2.24, 2.45) is 0 Å². The van der Waals surface area contributed by atoms with Crippen LogP contribution in [0.25, 0.3) is 0 Å². The van der Waals surface area contributed by atoms with Gasteiger partial charge in [0.1, 0.15) is 0 Å². The second kappa shape index (κ2) is 6.83. The number of hydrogen-bond donors (Lipinski definition) is 0. The first-order chi connectivity index (χ1) is 12.8. The maximum atomic E-state index is 11.8. The van der Waals surface area contributed by atoms with Crippen molar-refractivity contribution in [1.29, 1.82) is 0 Å². The fourth-order valence-electron chi connectivity index (χ4n) is 3.93. The van der Waals surface area contributed by atoms with Crippen LogP contribution in [-0.4, -0.2) is 48.4 Å². The van der Waals surface area contributed by atoms with Crippen LogP contribution in [0.5, 0.6) is 11.5 Å². The SMILES string of the molecule is Cc1nn([C@@H]2CCS(=O)(=O)C2)c(C)c1CN(C)Cc1ccc2c(c1)OCO2. The molecule has 3 heterocycles. The zero-order chi connectivity index (χ0) is 19.2. The van der Waals surface area contributed by atoms with E-state index in [9.17, 15) is 8.42 Å². The molecule has 1 saturated heterocycles. The van der Waals surface area contributed by atoms with E-state index in [4.69, 9.17) is 9.47 Å². The fourth-order valence-corrected chi connectivity index (χ4v) is 5.62. The summed E-state index contributed by atoms with van der Waals surface area (Å²) in [6, 6.07) is 5.98. The molecule has 0 unspecified atom stereocenters. The van der Waals surface area contributed by atoms with Crippen molar-refractivity contribution in [3.8, 4) is 11.5 Å². The number of benzene rings is 1. The maximum Gasteiger partial charge on any atom is 0.231 e. The van der Waals surface area contributed by atoms with Gasteiger partial charge in [0.05, 0.1) is 23.2 Å². The van der Waals surface area contributed by atoms with E-state index in [1.165, 1.54) is 5.56 Å². The van der Waals surface area contributed by atoms with E-state index in [0.29, 0.717) is 6.42 Å². The molecule has 0 radical (unpaired) electrons. The largest absolute Gasteiger partial charge is 0.454 e. The minimum Gasteiger partial charge on any atom is -0.454 e. The second-order valence-electron chi connectivity index (χ2n) is 7.51. The summed E-state index contributed by atoms with van der Waals surface area (Å²) < 4.78 is 36.4. The van der Waals surface area contributed by atoms with E-state index in [0.717, 1.165) is 41.5 Å². The first-order valence-electron chi connectivity index (χ1n) is 9.14. The van der Waals surface area contributed by atoms with Gasteiger partial charge in [0, 0.05) is 24.3 Å². The van der Waals surface area contributed by atoms with Gasteiger partial charge in [-0.15, -0.1) is 0 Å². The van der Waals surface area contributed by atoms with Crippen LogP contribution < -0.4 is 9.47 Å². The number of sulfone groups is 1. The second-order valence-corrected chi connectivity index (χ2v) is 9.74. The fraction of sp³-hybridized carbons (Fsp3) is 0.526. The monoisotopic (exact) mass is 391 g/mol. The highest BCUT2D eigenvalue weighted by molar-refractivity contribution is 7.91. The summed E-state index contributed by atoms with van der Waals surface area (Å²) in [5.74, 6) is 2.04. The lowest BCUT2D eigenvalue weighted by atomic mass is 10.1. The molecule has 2 aliphatic rings. The van der Waals surface area contributed by atoms with Crippen LogP contribution in [0.2, 0.25) is 0 Å². The van der Waals surface area contributed by atoms with Gasteiger partial charge in [0.2, 0.25) is 6.79 Å². The van der Waals surface area contributed by atoms with Crippen LogP contribution in [0.4, 0.5) is 0 Å². The normalized spacial score (nSPS) is 20.5. The third-order valence-electron chi connectivity index (χ3n) is 5.35.